The van der Waals surface area contributed by atoms with Gasteiger partial charge in [-0.3, -0.25) is 14.7 Å². The molecule has 6 heteroatoms. The van der Waals surface area contributed by atoms with E-state index in [2.05, 4.69) is 16.0 Å². The lowest BCUT2D eigenvalue weighted by Gasteiger charge is -2.42. The molecule has 144 valence electrons. The van der Waals surface area contributed by atoms with Gasteiger partial charge in [0.25, 0.3) is 0 Å². The van der Waals surface area contributed by atoms with Gasteiger partial charge < -0.3 is 14.4 Å². The summed E-state index contributed by atoms with van der Waals surface area (Å²) < 4.78 is 11.8. The molecule has 0 aliphatic carbocycles. The summed E-state index contributed by atoms with van der Waals surface area (Å²) in [5.74, 6) is 0.555. The van der Waals surface area contributed by atoms with Crippen LogP contribution in [-0.2, 0) is 20.8 Å². The Balaban J connectivity index is 1.43. The molecule has 0 radical (unpaired) electrons. The smallest absolute Gasteiger partial charge is 0.248 e. The van der Waals surface area contributed by atoms with Crippen LogP contribution in [0.4, 0.5) is 0 Å². The predicted octanol–water partition coefficient (Wildman–Crippen LogP) is 1.95. The fraction of sp³-hybridized carbons (Fsp3) is 0.700. The second kappa shape index (κ2) is 8.93. The number of rotatable bonds is 7. The van der Waals surface area contributed by atoms with E-state index in [0.29, 0.717) is 12.5 Å². The van der Waals surface area contributed by atoms with Crippen molar-refractivity contribution in [2.75, 3.05) is 47.0 Å². The number of carbonyl (C=O) groups is 1. The van der Waals surface area contributed by atoms with E-state index in [0.717, 1.165) is 57.6 Å². The molecule has 1 amide bonds. The minimum Gasteiger partial charge on any atom is -0.375 e. The lowest BCUT2D eigenvalue weighted by atomic mass is 9.78. The normalized spacial score (nSPS) is 22.6. The highest BCUT2D eigenvalue weighted by Gasteiger charge is 2.45. The number of likely N-dealkylation sites (tertiary alicyclic amines) is 1. The van der Waals surface area contributed by atoms with E-state index >= 15 is 0 Å². The minimum absolute atomic E-state index is 0.00946. The van der Waals surface area contributed by atoms with E-state index in [4.69, 9.17) is 9.47 Å². The molecule has 0 aromatic carbocycles. The lowest BCUT2D eigenvalue weighted by Crippen LogP contribution is -2.47. The molecule has 0 saturated carbocycles. The second-order valence-corrected chi connectivity index (χ2v) is 7.63. The number of nitrogens with zero attached hydrogens (tertiary/aromatic N) is 3. The number of aromatic nitrogens is 1. The third kappa shape index (κ3) is 4.81. The van der Waals surface area contributed by atoms with Gasteiger partial charge in [0.1, 0.15) is 6.61 Å². The van der Waals surface area contributed by atoms with Gasteiger partial charge in [-0.05, 0) is 43.7 Å². The largest absolute Gasteiger partial charge is 0.375 e. The van der Waals surface area contributed by atoms with Gasteiger partial charge >= 0.3 is 0 Å². The van der Waals surface area contributed by atoms with Crippen LogP contribution in [0.3, 0.4) is 0 Å². The van der Waals surface area contributed by atoms with E-state index in [9.17, 15) is 4.79 Å². The highest BCUT2D eigenvalue weighted by Crippen LogP contribution is 2.42. The van der Waals surface area contributed by atoms with Crippen molar-refractivity contribution in [1.29, 1.82) is 0 Å². The van der Waals surface area contributed by atoms with Crippen molar-refractivity contribution in [1.82, 2.24) is 14.8 Å². The van der Waals surface area contributed by atoms with Gasteiger partial charge in [-0.1, -0.05) is 6.07 Å². The molecule has 1 unspecified atom stereocenters. The number of piperidine rings is 1. The fourth-order valence-corrected chi connectivity index (χ4v) is 4.07. The molecule has 2 aliphatic rings. The Morgan fingerprint density at radius 3 is 2.88 bits per heavy atom. The van der Waals surface area contributed by atoms with Gasteiger partial charge in [0.15, 0.2) is 0 Å². The van der Waals surface area contributed by atoms with Crippen molar-refractivity contribution in [3.05, 3.63) is 30.1 Å². The zero-order valence-corrected chi connectivity index (χ0v) is 16.0. The minimum atomic E-state index is 0.00946. The molecule has 1 atom stereocenters. The number of likely N-dealkylation sites (N-methyl/N-ethyl adjacent to an activating group) is 1. The van der Waals surface area contributed by atoms with Crippen LogP contribution in [-0.4, -0.2) is 73.3 Å². The Labute approximate surface area is 156 Å². The Morgan fingerprint density at radius 2 is 2.19 bits per heavy atom. The Kier molecular flexibility index (Phi) is 6.62. The van der Waals surface area contributed by atoms with Crippen molar-refractivity contribution < 1.29 is 14.3 Å². The van der Waals surface area contributed by atoms with E-state index in [-0.39, 0.29) is 18.1 Å². The van der Waals surface area contributed by atoms with E-state index in [1.165, 1.54) is 0 Å². The topological polar surface area (TPSA) is 54.9 Å². The number of carbonyl (C=O) groups excluding carboxylic acids is 1. The molecule has 1 spiro atoms. The highest BCUT2D eigenvalue weighted by atomic mass is 16.5. The molecule has 3 rings (SSSR count). The Bertz CT molecular complexity index is 571. The molecule has 0 N–H and O–H groups in total. The zero-order chi connectivity index (χ0) is 18.4. The summed E-state index contributed by atoms with van der Waals surface area (Å²) in [5, 5.41) is 0. The first kappa shape index (κ1) is 19.3. The maximum absolute atomic E-state index is 11.6. The van der Waals surface area contributed by atoms with Crippen LogP contribution in [0.15, 0.2) is 24.4 Å². The predicted molar refractivity (Wildman–Crippen MR) is 99.7 cm³/mol. The van der Waals surface area contributed by atoms with Crippen molar-refractivity contribution >= 4 is 5.91 Å². The van der Waals surface area contributed by atoms with Gasteiger partial charge in [0.05, 0.1) is 11.3 Å². The quantitative estimate of drug-likeness (QED) is 0.695. The summed E-state index contributed by atoms with van der Waals surface area (Å²) in [6, 6.07) is 6.09. The van der Waals surface area contributed by atoms with Crippen LogP contribution in [0, 0.1) is 5.92 Å². The summed E-state index contributed by atoms with van der Waals surface area (Å²) >= 11 is 0. The number of hydrogen-bond donors (Lipinski definition) is 0. The Morgan fingerprint density at radius 1 is 1.38 bits per heavy atom. The molecule has 2 aliphatic heterocycles. The maximum atomic E-state index is 11.6. The summed E-state index contributed by atoms with van der Waals surface area (Å²) in [4.78, 5) is 20.1. The molecule has 3 heterocycles. The van der Waals surface area contributed by atoms with Crippen molar-refractivity contribution in [3.8, 4) is 0 Å². The molecule has 2 fully saturated rings. The SMILES string of the molecule is CN(C)C(=O)COCCC1CCOC12CCN(Cc1ccccn1)CC2. The average Bonchev–Trinajstić information content (AvgIpc) is 3.03. The molecule has 0 bridgehead atoms. The fourth-order valence-electron chi connectivity index (χ4n) is 4.07. The highest BCUT2D eigenvalue weighted by molar-refractivity contribution is 5.76. The zero-order valence-electron chi connectivity index (χ0n) is 16.0. The molecule has 2 saturated heterocycles. The van der Waals surface area contributed by atoms with E-state index in [1.807, 2.05) is 18.3 Å². The lowest BCUT2D eigenvalue weighted by molar-refractivity contribution is -0.133. The van der Waals surface area contributed by atoms with Crippen LogP contribution in [0.1, 0.15) is 31.4 Å². The second-order valence-electron chi connectivity index (χ2n) is 7.63. The van der Waals surface area contributed by atoms with Crippen LogP contribution >= 0.6 is 0 Å². The number of pyridine rings is 1. The standard InChI is InChI=1S/C20H31N3O3/c1-22(2)19(24)16-25-13-6-17-7-14-26-20(17)8-11-23(12-9-20)15-18-5-3-4-10-21-18/h3-5,10,17H,6-9,11-16H2,1-2H3. The van der Waals surface area contributed by atoms with Gasteiger partial charge in [-0.15, -0.1) is 0 Å². The first-order valence-corrected chi connectivity index (χ1v) is 9.63. The van der Waals surface area contributed by atoms with Crippen LogP contribution in [0.25, 0.3) is 0 Å². The van der Waals surface area contributed by atoms with E-state index in [1.54, 1.807) is 19.0 Å². The first-order valence-electron chi connectivity index (χ1n) is 9.63. The van der Waals surface area contributed by atoms with E-state index < -0.39 is 0 Å². The number of amides is 1. The summed E-state index contributed by atoms with van der Waals surface area (Å²) in [6.07, 6.45) is 6.08. The monoisotopic (exact) mass is 361 g/mol. The van der Waals surface area contributed by atoms with Crippen molar-refractivity contribution in [2.45, 2.75) is 37.8 Å². The Hall–Kier alpha value is -1.50. The van der Waals surface area contributed by atoms with Gasteiger partial charge in [0, 0.05) is 53.1 Å². The van der Waals surface area contributed by atoms with Gasteiger partial charge in [0.2, 0.25) is 5.91 Å². The summed E-state index contributed by atoms with van der Waals surface area (Å²) in [7, 11) is 3.51. The van der Waals surface area contributed by atoms with Crippen LogP contribution in [0.5, 0.6) is 0 Å². The van der Waals surface area contributed by atoms with Gasteiger partial charge in [-0.25, -0.2) is 0 Å². The average molecular weight is 361 g/mol. The third-order valence-electron chi connectivity index (χ3n) is 5.75. The maximum Gasteiger partial charge on any atom is 0.248 e. The molecule has 26 heavy (non-hydrogen) atoms. The summed E-state index contributed by atoms with van der Waals surface area (Å²) in [6.45, 7) is 4.66. The molecular formula is C20H31N3O3. The van der Waals surface area contributed by atoms with Gasteiger partial charge in [-0.2, -0.15) is 0 Å². The summed E-state index contributed by atoms with van der Waals surface area (Å²) in [5.41, 5.74) is 1.14. The van der Waals surface area contributed by atoms with Crippen molar-refractivity contribution in [2.24, 2.45) is 5.92 Å². The molecular weight excluding hydrogens is 330 g/mol. The van der Waals surface area contributed by atoms with Crippen LogP contribution < -0.4 is 0 Å². The number of hydrogen-bond acceptors (Lipinski definition) is 5. The molecule has 1 aromatic rings. The van der Waals surface area contributed by atoms with Crippen molar-refractivity contribution in [3.63, 3.8) is 0 Å². The van der Waals surface area contributed by atoms with Crippen LogP contribution in [0.2, 0.25) is 0 Å². The number of ether oxygens (including phenoxy) is 2. The third-order valence-corrected chi connectivity index (χ3v) is 5.75. The molecule has 6 nitrogen and oxygen atoms in total. The molecule has 1 aromatic heterocycles. The first-order chi connectivity index (χ1) is 12.6.